The lowest BCUT2D eigenvalue weighted by molar-refractivity contribution is -0.121. The highest BCUT2D eigenvalue weighted by molar-refractivity contribution is 5.92. The van der Waals surface area contributed by atoms with Gasteiger partial charge in [-0.1, -0.05) is 13.8 Å². The van der Waals surface area contributed by atoms with Gasteiger partial charge in [-0.3, -0.25) is 4.79 Å². The van der Waals surface area contributed by atoms with Crippen LogP contribution in [0.2, 0.25) is 0 Å². The predicted molar refractivity (Wildman–Crippen MR) is 58.6 cm³/mol. The maximum Gasteiger partial charge on any atom is 0.335 e. The van der Waals surface area contributed by atoms with Crippen molar-refractivity contribution in [1.82, 2.24) is 0 Å². The number of phenols is 1. The van der Waals surface area contributed by atoms with Gasteiger partial charge in [0, 0.05) is 12.3 Å². The molecule has 0 aliphatic heterocycles. The first-order chi connectivity index (χ1) is 7.41. The Labute approximate surface area is 93.5 Å². The number of phenolic OH excluding ortho intramolecular Hbond substituents is 1. The second kappa shape index (κ2) is 4.79. The minimum atomic E-state index is -1.09. The normalized spacial score (nSPS) is 10.4. The van der Waals surface area contributed by atoms with Crippen LogP contribution in [0.15, 0.2) is 18.2 Å². The van der Waals surface area contributed by atoms with Crippen LogP contribution in [-0.2, 0) is 11.2 Å². The summed E-state index contributed by atoms with van der Waals surface area (Å²) in [6.07, 6.45) is 0.0354. The number of carbonyl (C=O) groups is 2. The van der Waals surface area contributed by atoms with Crippen molar-refractivity contribution in [1.29, 1.82) is 0 Å². The molecule has 0 aliphatic carbocycles. The smallest absolute Gasteiger partial charge is 0.335 e. The maximum atomic E-state index is 11.5. The molecule has 0 aliphatic rings. The Balaban J connectivity index is 3.06. The summed E-state index contributed by atoms with van der Waals surface area (Å²) >= 11 is 0. The number of hydrogen-bond donors (Lipinski definition) is 2. The van der Waals surface area contributed by atoms with E-state index in [0.29, 0.717) is 5.56 Å². The molecule has 1 aromatic carbocycles. The molecule has 0 bridgehead atoms. The van der Waals surface area contributed by atoms with Crippen molar-refractivity contribution < 1.29 is 19.8 Å². The fraction of sp³-hybridized carbons (Fsp3) is 0.333. The Morgan fingerprint density at radius 1 is 1.31 bits per heavy atom. The van der Waals surface area contributed by atoms with Gasteiger partial charge in [-0.15, -0.1) is 0 Å². The van der Waals surface area contributed by atoms with E-state index in [9.17, 15) is 14.7 Å². The SMILES string of the molecule is CC(C)C(=O)Cc1cc(O)ccc1C(=O)O. The molecule has 16 heavy (non-hydrogen) atoms. The molecule has 4 nitrogen and oxygen atoms in total. The molecular formula is C12H14O4. The van der Waals surface area contributed by atoms with Crippen LogP contribution in [0.3, 0.4) is 0 Å². The molecule has 0 saturated heterocycles. The van der Waals surface area contributed by atoms with Crippen molar-refractivity contribution >= 4 is 11.8 Å². The molecule has 0 heterocycles. The molecular weight excluding hydrogens is 208 g/mol. The van der Waals surface area contributed by atoms with E-state index in [1.54, 1.807) is 13.8 Å². The van der Waals surface area contributed by atoms with Gasteiger partial charge in [0.05, 0.1) is 5.56 Å². The van der Waals surface area contributed by atoms with Gasteiger partial charge in [0.1, 0.15) is 11.5 Å². The van der Waals surface area contributed by atoms with Gasteiger partial charge in [0.2, 0.25) is 0 Å². The van der Waals surface area contributed by atoms with Crippen LogP contribution < -0.4 is 0 Å². The van der Waals surface area contributed by atoms with Crippen molar-refractivity contribution in [3.05, 3.63) is 29.3 Å². The number of Topliss-reactive ketones (excluding diaryl/α,β-unsaturated/α-hetero) is 1. The van der Waals surface area contributed by atoms with Gasteiger partial charge in [0.25, 0.3) is 0 Å². The van der Waals surface area contributed by atoms with Crippen molar-refractivity contribution in [3.63, 3.8) is 0 Å². The van der Waals surface area contributed by atoms with Gasteiger partial charge >= 0.3 is 5.97 Å². The second-order valence-corrected chi connectivity index (χ2v) is 3.94. The standard InChI is InChI=1S/C12H14O4/c1-7(2)11(14)6-8-5-9(13)3-4-10(8)12(15)16/h3-5,7,13H,6H2,1-2H3,(H,15,16). The van der Waals surface area contributed by atoms with Crippen LogP contribution >= 0.6 is 0 Å². The number of carboxylic acid groups (broad SMARTS) is 1. The Hall–Kier alpha value is -1.84. The number of hydrogen-bond acceptors (Lipinski definition) is 3. The number of carboxylic acids is 1. The van der Waals surface area contributed by atoms with Gasteiger partial charge < -0.3 is 10.2 Å². The van der Waals surface area contributed by atoms with Crippen LogP contribution in [0.5, 0.6) is 5.75 Å². The fourth-order valence-electron chi connectivity index (χ4n) is 1.33. The fourth-order valence-corrected chi connectivity index (χ4v) is 1.33. The van der Waals surface area contributed by atoms with Crippen LogP contribution in [0, 0.1) is 5.92 Å². The minimum absolute atomic E-state index is 0.0310. The Morgan fingerprint density at radius 3 is 2.44 bits per heavy atom. The van der Waals surface area contributed by atoms with E-state index in [1.165, 1.54) is 18.2 Å². The van der Waals surface area contributed by atoms with Gasteiger partial charge in [-0.05, 0) is 23.8 Å². The van der Waals surface area contributed by atoms with Crippen molar-refractivity contribution in [2.45, 2.75) is 20.3 Å². The van der Waals surface area contributed by atoms with Crippen molar-refractivity contribution in [2.75, 3.05) is 0 Å². The third-order valence-electron chi connectivity index (χ3n) is 2.33. The summed E-state index contributed by atoms with van der Waals surface area (Å²) in [5.74, 6) is -1.32. The highest BCUT2D eigenvalue weighted by atomic mass is 16.4. The monoisotopic (exact) mass is 222 g/mol. The van der Waals surface area contributed by atoms with Crippen molar-refractivity contribution in [2.24, 2.45) is 5.92 Å². The topological polar surface area (TPSA) is 74.6 Å². The van der Waals surface area contributed by atoms with E-state index in [1.807, 2.05) is 0 Å². The number of benzene rings is 1. The number of aromatic carboxylic acids is 1. The van der Waals surface area contributed by atoms with Gasteiger partial charge in [-0.25, -0.2) is 4.79 Å². The lowest BCUT2D eigenvalue weighted by atomic mass is 9.97. The Morgan fingerprint density at radius 2 is 1.94 bits per heavy atom. The quantitative estimate of drug-likeness (QED) is 0.815. The number of aromatic hydroxyl groups is 1. The Kier molecular flexibility index (Phi) is 3.66. The van der Waals surface area contributed by atoms with E-state index in [-0.39, 0.29) is 29.4 Å². The number of ketones is 1. The summed E-state index contributed by atoms with van der Waals surface area (Å²) < 4.78 is 0. The Bertz CT molecular complexity index is 421. The van der Waals surface area contributed by atoms with Crippen LogP contribution in [0.1, 0.15) is 29.8 Å². The van der Waals surface area contributed by atoms with Crippen LogP contribution in [0.25, 0.3) is 0 Å². The molecule has 0 atom stereocenters. The molecule has 1 aromatic rings. The number of rotatable bonds is 4. The lowest BCUT2D eigenvalue weighted by Crippen LogP contribution is -2.13. The molecule has 0 amide bonds. The molecule has 0 spiro atoms. The largest absolute Gasteiger partial charge is 0.508 e. The molecule has 0 fully saturated rings. The average molecular weight is 222 g/mol. The molecule has 4 heteroatoms. The summed E-state index contributed by atoms with van der Waals surface area (Å²) in [6, 6.07) is 3.93. The summed E-state index contributed by atoms with van der Waals surface area (Å²) in [7, 11) is 0. The predicted octanol–water partition coefficient (Wildman–Crippen LogP) is 1.86. The molecule has 0 saturated carbocycles. The lowest BCUT2D eigenvalue weighted by Gasteiger charge is -2.07. The third-order valence-corrected chi connectivity index (χ3v) is 2.33. The van der Waals surface area contributed by atoms with Gasteiger partial charge in [0.15, 0.2) is 0 Å². The van der Waals surface area contributed by atoms with E-state index in [0.717, 1.165) is 0 Å². The molecule has 86 valence electrons. The van der Waals surface area contributed by atoms with E-state index >= 15 is 0 Å². The highest BCUT2D eigenvalue weighted by Gasteiger charge is 2.15. The summed E-state index contributed by atoms with van der Waals surface area (Å²) in [6.45, 7) is 3.51. The zero-order chi connectivity index (χ0) is 12.3. The van der Waals surface area contributed by atoms with E-state index in [2.05, 4.69) is 0 Å². The average Bonchev–Trinajstić information content (AvgIpc) is 2.16. The van der Waals surface area contributed by atoms with E-state index in [4.69, 9.17) is 5.11 Å². The van der Waals surface area contributed by atoms with Crippen LogP contribution in [0.4, 0.5) is 0 Å². The molecule has 0 aromatic heterocycles. The molecule has 0 radical (unpaired) electrons. The zero-order valence-corrected chi connectivity index (χ0v) is 9.23. The first-order valence-corrected chi connectivity index (χ1v) is 4.99. The second-order valence-electron chi connectivity index (χ2n) is 3.94. The van der Waals surface area contributed by atoms with Crippen LogP contribution in [-0.4, -0.2) is 22.0 Å². The van der Waals surface area contributed by atoms with E-state index < -0.39 is 5.97 Å². The third kappa shape index (κ3) is 2.82. The minimum Gasteiger partial charge on any atom is -0.508 e. The number of carbonyl (C=O) groups excluding carboxylic acids is 1. The maximum absolute atomic E-state index is 11.5. The molecule has 1 rings (SSSR count). The molecule has 2 N–H and O–H groups in total. The van der Waals surface area contributed by atoms with Crippen molar-refractivity contribution in [3.8, 4) is 5.75 Å². The summed E-state index contributed by atoms with van der Waals surface area (Å²) in [5, 5.41) is 18.2. The summed E-state index contributed by atoms with van der Waals surface area (Å²) in [5.41, 5.74) is 0.415. The molecule has 0 unspecified atom stereocenters. The highest BCUT2D eigenvalue weighted by Crippen LogP contribution is 2.18. The first kappa shape index (κ1) is 12.2. The summed E-state index contributed by atoms with van der Waals surface area (Å²) in [4.78, 5) is 22.4. The first-order valence-electron chi connectivity index (χ1n) is 4.99. The van der Waals surface area contributed by atoms with Gasteiger partial charge in [-0.2, -0.15) is 0 Å². The zero-order valence-electron chi connectivity index (χ0n) is 9.23.